The second-order valence-corrected chi connectivity index (χ2v) is 5.14. The van der Waals surface area contributed by atoms with Gasteiger partial charge in [-0.05, 0) is 37.1 Å². The number of aromatic nitrogens is 1. The fourth-order valence-corrected chi connectivity index (χ4v) is 2.08. The lowest BCUT2D eigenvalue weighted by Gasteiger charge is -2.12. The van der Waals surface area contributed by atoms with E-state index < -0.39 is 0 Å². The van der Waals surface area contributed by atoms with Crippen LogP contribution in [0.2, 0.25) is 0 Å². The summed E-state index contributed by atoms with van der Waals surface area (Å²) >= 11 is 0. The highest BCUT2D eigenvalue weighted by Crippen LogP contribution is 2.15. The van der Waals surface area contributed by atoms with Crippen LogP contribution in [0.1, 0.15) is 17.7 Å². The van der Waals surface area contributed by atoms with Gasteiger partial charge in [0.25, 0.3) is 0 Å². The van der Waals surface area contributed by atoms with Gasteiger partial charge >= 0.3 is 0 Å². The number of guanidine groups is 1. The topological polar surface area (TPSA) is 58.5 Å². The van der Waals surface area contributed by atoms with E-state index in [0.29, 0.717) is 13.2 Å². The van der Waals surface area contributed by atoms with Gasteiger partial charge in [0.2, 0.25) is 0 Å². The van der Waals surface area contributed by atoms with Crippen molar-refractivity contribution in [3.8, 4) is 5.75 Å². The monoisotopic (exact) mass is 440 g/mol. The number of benzene rings is 1. The number of hydrogen-bond acceptors (Lipinski definition) is 3. The smallest absolute Gasteiger partial charge is 0.191 e. The number of rotatable bonds is 7. The molecule has 130 valence electrons. The maximum absolute atomic E-state index is 5.77. The largest absolute Gasteiger partial charge is 0.493 e. The zero-order valence-corrected chi connectivity index (χ0v) is 16.5. The van der Waals surface area contributed by atoms with Crippen LogP contribution in [0.5, 0.6) is 5.75 Å². The Balaban J connectivity index is 0.00000288. The molecule has 1 heterocycles. The molecule has 0 bridgehead atoms. The van der Waals surface area contributed by atoms with E-state index in [4.69, 9.17) is 4.74 Å². The molecule has 0 radical (unpaired) electrons. The second-order valence-electron chi connectivity index (χ2n) is 5.14. The SMILES string of the molecule is CN=C(NCCCOc1ccccc1C)NCc1ccccn1.I. The van der Waals surface area contributed by atoms with Crippen molar-refractivity contribution in [3.63, 3.8) is 0 Å². The molecule has 5 nitrogen and oxygen atoms in total. The molecule has 0 aliphatic rings. The summed E-state index contributed by atoms with van der Waals surface area (Å²) in [7, 11) is 1.76. The van der Waals surface area contributed by atoms with Crippen molar-refractivity contribution < 1.29 is 4.74 Å². The molecule has 2 rings (SSSR count). The zero-order chi connectivity index (χ0) is 16.3. The fourth-order valence-electron chi connectivity index (χ4n) is 2.08. The highest BCUT2D eigenvalue weighted by molar-refractivity contribution is 14.0. The number of ether oxygens (including phenoxy) is 1. The molecule has 24 heavy (non-hydrogen) atoms. The molecule has 0 atom stereocenters. The summed E-state index contributed by atoms with van der Waals surface area (Å²) in [6, 6.07) is 13.9. The molecule has 0 unspecified atom stereocenters. The van der Waals surface area contributed by atoms with Crippen molar-refractivity contribution >= 4 is 29.9 Å². The number of nitrogens with one attached hydrogen (secondary N) is 2. The lowest BCUT2D eigenvalue weighted by atomic mass is 10.2. The van der Waals surface area contributed by atoms with Crippen molar-refractivity contribution in [2.45, 2.75) is 19.9 Å². The first-order valence-corrected chi connectivity index (χ1v) is 7.82. The third-order valence-electron chi connectivity index (χ3n) is 3.35. The molecule has 0 amide bonds. The molecule has 6 heteroatoms. The van der Waals surface area contributed by atoms with Gasteiger partial charge in [-0.25, -0.2) is 0 Å². The van der Waals surface area contributed by atoms with Crippen LogP contribution in [-0.2, 0) is 6.54 Å². The van der Waals surface area contributed by atoms with Gasteiger partial charge in [0.05, 0.1) is 18.8 Å². The number of aryl methyl sites for hydroxylation is 1. The number of hydrogen-bond donors (Lipinski definition) is 2. The Morgan fingerprint density at radius 2 is 1.92 bits per heavy atom. The van der Waals surface area contributed by atoms with Crippen LogP contribution in [0.4, 0.5) is 0 Å². The van der Waals surface area contributed by atoms with E-state index in [2.05, 4.69) is 33.6 Å². The molecular formula is C18H25IN4O. The molecule has 0 saturated carbocycles. The van der Waals surface area contributed by atoms with E-state index in [-0.39, 0.29) is 24.0 Å². The summed E-state index contributed by atoms with van der Waals surface area (Å²) in [5.41, 5.74) is 2.15. The Morgan fingerprint density at radius 3 is 2.62 bits per heavy atom. The summed E-state index contributed by atoms with van der Waals surface area (Å²) in [6.45, 7) is 4.18. The highest BCUT2D eigenvalue weighted by Gasteiger charge is 2.00. The van der Waals surface area contributed by atoms with E-state index in [0.717, 1.165) is 35.9 Å². The number of aliphatic imine (C=N–C) groups is 1. The van der Waals surface area contributed by atoms with Gasteiger partial charge in [0, 0.05) is 19.8 Å². The normalized spacial score (nSPS) is 10.7. The number of para-hydroxylation sites is 1. The number of pyridine rings is 1. The van der Waals surface area contributed by atoms with Crippen LogP contribution < -0.4 is 15.4 Å². The number of nitrogens with zero attached hydrogens (tertiary/aromatic N) is 2. The minimum absolute atomic E-state index is 0. The van der Waals surface area contributed by atoms with E-state index in [1.165, 1.54) is 0 Å². The van der Waals surface area contributed by atoms with Gasteiger partial charge in [-0.15, -0.1) is 24.0 Å². The lowest BCUT2D eigenvalue weighted by molar-refractivity contribution is 0.309. The van der Waals surface area contributed by atoms with E-state index in [9.17, 15) is 0 Å². The summed E-state index contributed by atoms with van der Waals surface area (Å²) in [5.74, 6) is 1.72. The van der Waals surface area contributed by atoms with E-state index in [1.807, 2.05) is 36.4 Å². The van der Waals surface area contributed by atoms with Crippen molar-refractivity contribution in [1.82, 2.24) is 15.6 Å². The van der Waals surface area contributed by atoms with Gasteiger partial charge < -0.3 is 15.4 Å². The quantitative estimate of drug-likeness (QED) is 0.301. The molecule has 0 aliphatic heterocycles. The molecule has 0 fully saturated rings. The van der Waals surface area contributed by atoms with Crippen LogP contribution in [0.3, 0.4) is 0 Å². The minimum Gasteiger partial charge on any atom is -0.493 e. The summed E-state index contributed by atoms with van der Waals surface area (Å²) < 4.78 is 5.77. The van der Waals surface area contributed by atoms with E-state index >= 15 is 0 Å². The molecule has 2 aromatic rings. The zero-order valence-electron chi connectivity index (χ0n) is 14.2. The van der Waals surface area contributed by atoms with Crippen LogP contribution in [0.15, 0.2) is 53.7 Å². The van der Waals surface area contributed by atoms with Crippen LogP contribution in [0.25, 0.3) is 0 Å². The third kappa shape index (κ3) is 7.16. The Labute approximate surface area is 161 Å². The maximum atomic E-state index is 5.77. The predicted octanol–water partition coefficient (Wildman–Crippen LogP) is 3.14. The van der Waals surface area contributed by atoms with Crippen LogP contribution in [-0.4, -0.2) is 31.1 Å². The van der Waals surface area contributed by atoms with Crippen LogP contribution in [0, 0.1) is 6.92 Å². The molecule has 0 spiro atoms. The standard InChI is InChI=1S/C18H24N4O.HI/c1-15-8-3-4-10-17(15)23-13-7-12-21-18(19-2)22-14-16-9-5-6-11-20-16;/h3-6,8-11H,7,12-14H2,1-2H3,(H2,19,21,22);1H. The number of halogens is 1. The van der Waals surface area contributed by atoms with Gasteiger partial charge in [-0.3, -0.25) is 9.98 Å². The molecule has 0 aliphatic carbocycles. The van der Waals surface area contributed by atoms with Crippen molar-refractivity contribution in [3.05, 3.63) is 59.9 Å². The third-order valence-corrected chi connectivity index (χ3v) is 3.35. The molecule has 2 N–H and O–H groups in total. The minimum atomic E-state index is 0. The molecule has 1 aromatic heterocycles. The molecule has 1 aromatic carbocycles. The summed E-state index contributed by atoms with van der Waals surface area (Å²) in [5, 5.41) is 6.51. The first-order valence-electron chi connectivity index (χ1n) is 7.82. The summed E-state index contributed by atoms with van der Waals surface area (Å²) in [4.78, 5) is 8.47. The lowest BCUT2D eigenvalue weighted by Crippen LogP contribution is -2.37. The highest BCUT2D eigenvalue weighted by atomic mass is 127. The Bertz CT molecular complexity index is 619. The fraction of sp³-hybridized carbons (Fsp3) is 0.333. The average molecular weight is 440 g/mol. The average Bonchev–Trinajstić information content (AvgIpc) is 2.59. The summed E-state index contributed by atoms with van der Waals surface area (Å²) in [6.07, 6.45) is 2.69. The Hall–Kier alpha value is -1.83. The van der Waals surface area contributed by atoms with Crippen molar-refractivity contribution in [2.24, 2.45) is 4.99 Å². The Morgan fingerprint density at radius 1 is 1.12 bits per heavy atom. The van der Waals surface area contributed by atoms with Gasteiger partial charge in [-0.2, -0.15) is 0 Å². The van der Waals surface area contributed by atoms with Crippen molar-refractivity contribution in [1.29, 1.82) is 0 Å². The molecule has 0 saturated heterocycles. The first kappa shape index (κ1) is 20.2. The second kappa shape index (κ2) is 11.7. The van der Waals surface area contributed by atoms with Gasteiger partial charge in [0.1, 0.15) is 5.75 Å². The van der Waals surface area contributed by atoms with E-state index in [1.54, 1.807) is 13.2 Å². The van der Waals surface area contributed by atoms with Crippen LogP contribution >= 0.6 is 24.0 Å². The predicted molar refractivity (Wildman–Crippen MR) is 109 cm³/mol. The Kier molecular flexibility index (Phi) is 9.83. The first-order chi connectivity index (χ1) is 11.3. The molecular weight excluding hydrogens is 415 g/mol. The van der Waals surface area contributed by atoms with Gasteiger partial charge in [0.15, 0.2) is 5.96 Å². The maximum Gasteiger partial charge on any atom is 0.191 e. The van der Waals surface area contributed by atoms with Crippen molar-refractivity contribution in [2.75, 3.05) is 20.2 Å². The van der Waals surface area contributed by atoms with Gasteiger partial charge in [-0.1, -0.05) is 24.3 Å².